The van der Waals surface area contributed by atoms with Crippen LogP contribution < -0.4 is 10.1 Å². The highest BCUT2D eigenvalue weighted by atomic mass is 35.5. The summed E-state index contributed by atoms with van der Waals surface area (Å²) < 4.78 is 5.25. The molecule has 1 aromatic rings. The average molecular weight is 274 g/mol. The van der Waals surface area contributed by atoms with E-state index in [1.54, 1.807) is 25.3 Å². The van der Waals surface area contributed by atoms with Gasteiger partial charge in [0.1, 0.15) is 11.0 Å². The smallest absolute Gasteiger partial charge is 0.318 e. The molecule has 0 aliphatic carbocycles. The quantitative estimate of drug-likeness (QED) is 0.884. The van der Waals surface area contributed by atoms with Gasteiger partial charge in [0, 0.05) is 17.1 Å². The van der Waals surface area contributed by atoms with Gasteiger partial charge in [-0.25, -0.2) is 0 Å². The first-order valence-electron chi connectivity index (χ1n) is 5.07. The lowest BCUT2D eigenvalue weighted by molar-refractivity contribution is -0.136. The molecule has 6 heteroatoms. The molecule has 1 aliphatic rings. The molecule has 2 N–H and O–H groups in total. The zero-order chi connectivity index (χ0) is 12.4. The summed E-state index contributed by atoms with van der Waals surface area (Å²) in [6, 6.07) is 5.33. The van der Waals surface area contributed by atoms with Gasteiger partial charge in [-0.2, -0.15) is 0 Å². The monoisotopic (exact) mass is 273 g/mol. The molecule has 0 radical (unpaired) electrons. The van der Waals surface area contributed by atoms with E-state index in [2.05, 4.69) is 5.32 Å². The average Bonchev–Trinajstić information content (AvgIpc) is 2.78. The van der Waals surface area contributed by atoms with E-state index in [-0.39, 0.29) is 5.37 Å². The molecular formula is C11H12ClNO3S. The SMILES string of the molecule is COc1ccc(Cl)cc1C1NCC(C(=O)O)S1. The van der Waals surface area contributed by atoms with Gasteiger partial charge < -0.3 is 9.84 Å². The summed E-state index contributed by atoms with van der Waals surface area (Å²) in [5, 5.41) is 12.2. The summed E-state index contributed by atoms with van der Waals surface area (Å²) in [6.45, 7) is 0.445. The van der Waals surface area contributed by atoms with Gasteiger partial charge in [-0.05, 0) is 18.2 Å². The third-order valence-corrected chi connectivity index (χ3v) is 4.16. The maximum absolute atomic E-state index is 10.9. The summed E-state index contributed by atoms with van der Waals surface area (Å²) in [5.41, 5.74) is 0.883. The van der Waals surface area contributed by atoms with Gasteiger partial charge in [-0.15, -0.1) is 11.8 Å². The minimum Gasteiger partial charge on any atom is -0.496 e. The van der Waals surface area contributed by atoms with Crippen molar-refractivity contribution in [2.45, 2.75) is 10.6 Å². The Morgan fingerprint density at radius 2 is 2.41 bits per heavy atom. The fraction of sp³-hybridized carbons (Fsp3) is 0.364. The van der Waals surface area contributed by atoms with E-state index in [9.17, 15) is 4.79 Å². The van der Waals surface area contributed by atoms with Crippen LogP contribution in [0.25, 0.3) is 0 Å². The highest BCUT2D eigenvalue weighted by molar-refractivity contribution is 8.01. The number of thioether (sulfide) groups is 1. The number of rotatable bonds is 3. The summed E-state index contributed by atoms with van der Waals surface area (Å²) in [7, 11) is 1.58. The van der Waals surface area contributed by atoms with Crippen molar-refractivity contribution in [1.82, 2.24) is 5.32 Å². The van der Waals surface area contributed by atoms with Crippen LogP contribution in [0.15, 0.2) is 18.2 Å². The highest BCUT2D eigenvalue weighted by Gasteiger charge is 2.32. The number of methoxy groups -OCH3 is 1. The number of nitrogens with one attached hydrogen (secondary N) is 1. The van der Waals surface area contributed by atoms with E-state index < -0.39 is 11.2 Å². The molecule has 92 valence electrons. The van der Waals surface area contributed by atoms with Gasteiger partial charge in [-0.1, -0.05) is 11.6 Å². The Hall–Kier alpha value is -0.910. The molecule has 2 rings (SSSR count). The second kappa shape index (κ2) is 5.16. The molecule has 1 aromatic carbocycles. The summed E-state index contributed by atoms with van der Waals surface area (Å²) in [4.78, 5) is 10.9. The Morgan fingerprint density at radius 3 is 3.00 bits per heavy atom. The second-order valence-corrected chi connectivity index (χ2v) is 5.39. The molecule has 1 aliphatic heterocycles. The summed E-state index contributed by atoms with van der Waals surface area (Å²) in [6.07, 6.45) is 0. The second-order valence-electron chi connectivity index (χ2n) is 3.64. The Morgan fingerprint density at radius 1 is 1.65 bits per heavy atom. The van der Waals surface area contributed by atoms with E-state index in [1.807, 2.05) is 0 Å². The molecule has 1 heterocycles. The van der Waals surface area contributed by atoms with Crippen LogP contribution in [0.5, 0.6) is 5.75 Å². The highest BCUT2D eigenvalue weighted by Crippen LogP contribution is 2.40. The van der Waals surface area contributed by atoms with Crippen LogP contribution in [0, 0.1) is 0 Å². The minimum atomic E-state index is -0.800. The van der Waals surface area contributed by atoms with Crippen molar-refractivity contribution in [3.05, 3.63) is 28.8 Å². The topological polar surface area (TPSA) is 58.6 Å². The van der Waals surface area contributed by atoms with Crippen molar-refractivity contribution < 1.29 is 14.6 Å². The Bertz CT molecular complexity index is 441. The molecule has 1 fully saturated rings. The first-order chi connectivity index (χ1) is 8.11. The number of hydrogen-bond donors (Lipinski definition) is 2. The van der Waals surface area contributed by atoms with Crippen molar-refractivity contribution >= 4 is 29.3 Å². The van der Waals surface area contributed by atoms with Crippen molar-refractivity contribution in [2.75, 3.05) is 13.7 Å². The van der Waals surface area contributed by atoms with Crippen LogP contribution in [0.1, 0.15) is 10.9 Å². The van der Waals surface area contributed by atoms with E-state index in [0.29, 0.717) is 17.3 Å². The van der Waals surface area contributed by atoms with Crippen LogP contribution >= 0.6 is 23.4 Å². The van der Waals surface area contributed by atoms with Crippen molar-refractivity contribution in [1.29, 1.82) is 0 Å². The molecule has 17 heavy (non-hydrogen) atoms. The standard InChI is InChI=1S/C11H12ClNO3S/c1-16-8-3-2-6(12)4-7(8)10-13-5-9(17-10)11(14)15/h2-4,9-10,13H,5H2,1H3,(H,14,15). The van der Waals surface area contributed by atoms with Gasteiger partial charge >= 0.3 is 5.97 Å². The zero-order valence-corrected chi connectivity index (χ0v) is 10.7. The third-order valence-electron chi connectivity index (χ3n) is 2.54. The molecule has 0 spiro atoms. The fourth-order valence-corrected chi connectivity index (χ4v) is 3.05. The summed E-state index contributed by atoms with van der Waals surface area (Å²) >= 11 is 7.30. The zero-order valence-electron chi connectivity index (χ0n) is 9.14. The first kappa shape index (κ1) is 12.5. The molecule has 0 amide bonds. The molecular weight excluding hydrogens is 262 g/mol. The minimum absolute atomic E-state index is 0.0928. The lowest BCUT2D eigenvalue weighted by Gasteiger charge is -2.14. The van der Waals surface area contributed by atoms with Crippen molar-refractivity contribution in [3.8, 4) is 5.75 Å². The number of aliphatic carboxylic acids is 1. The van der Waals surface area contributed by atoms with Gasteiger partial charge in [0.15, 0.2) is 0 Å². The molecule has 2 unspecified atom stereocenters. The predicted molar refractivity (Wildman–Crippen MR) is 67.8 cm³/mol. The van der Waals surface area contributed by atoms with Crippen molar-refractivity contribution in [2.24, 2.45) is 0 Å². The van der Waals surface area contributed by atoms with Gasteiger partial charge in [0.25, 0.3) is 0 Å². The number of carbonyl (C=O) groups is 1. The fourth-order valence-electron chi connectivity index (χ4n) is 1.71. The normalized spacial score (nSPS) is 23.6. The number of benzene rings is 1. The molecule has 2 atom stereocenters. The number of carboxylic acid groups (broad SMARTS) is 1. The Balaban J connectivity index is 2.23. The molecule has 0 bridgehead atoms. The van der Waals surface area contributed by atoms with Crippen LogP contribution in [-0.2, 0) is 4.79 Å². The van der Waals surface area contributed by atoms with Gasteiger partial charge in [-0.3, -0.25) is 10.1 Å². The third kappa shape index (κ3) is 2.68. The van der Waals surface area contributed by atoms with Gasteiger partial charge in [0.05, 0.1) is 12.5 Å². The lowest BCUT2D eigenvalue weighted by Crippen LogP contribution is -2.21. The van der Waals surface area contributed by atoms with Crippen molar-refractivity contribution in [3.63, 3.8) is 0 Å². The van der Waals surface area contributed by atoms with Crippen LogP contribution in [0.4, 0.5) is 0 Å². The Labute approximate surface area is 108 Å². The van der Waals surface area contributed by atoms with E-state index in [0.717, 1.165) is 5.56 Å². The number of carboxylic acids is 1. The molecule has 4 nitrogen and oxygen atoms in total. The van der Waals surface area contributed by atoms with Gasteiger partial charge in [0.2, 0.25) is 0 Å². The Kier molecular flexibility index (Phi) is 3.81. The number of ether oxygens (including phenoxy) is 1. The molecule has 0 saturated carbocycles. The first-order valence-corrected chi connectivity index (χ1v) is 6.39. The van der Waals surface area contributed by atoms with E-state index >= 15 is 0 Å². The van der Waals surface area contributed by atoms with Crippen LogP contribution in [0.3, 0.4) is 0 Å². The molecule has 0 aromatic heterocycles. The number of halogens is 1. The van der Waals surface area contributed by atoms with E-state index in [1.165, 1.54) is 11.8 Å². The molecule has 1 saturated heterocycles. The van der Waals surface area contributed by atoms with Crippen LogP contribution in [-0.4, -0.2) is 30.0 Å². The maximum Gasteiger partial charge on any atom is 0.318 e. The predicted octanol–water partition coefficient (Wildman–Crippen LogP) is 2.14. The lowest BCUT2D eigenvalue weighted by atomic mass is 10.2. The summed E-state index contributed by atoms with van der Waals surface area (Å²) in [5.74, 6) is -0.0866. The largest absolute Gasteiger partial charge is 0.496 e. The number of hydrogen-bond acceptors (Lipinski definition) is 4. The maximum atomic E-state index is 10.9. The van der Waals surface area contributed by atoms with Crippen LogP contribution in [0.2, 0.25) is 5.02 Å². The van der Waals surface area contributed by atoms with E-state index in [4.69, 9.17) is 21.4 Å².